The molecule has 1 rings (SSSR count). The van der Waals surface area contributed by atoms with Crippen LogP contribution in [0.2, 0.25) is 0 Å². The quantitative estimate of drug-likeness (QED) is 0.605. The highest BCUT2D eigenvalue weighted by atomic mass is 127. The average Bonchev–Trinajstić information content (AvgIpc) is 2.35. The van der Waals surface area contributed by atoms with Gasteiger partial charge in [-0.2, -0.15) is 0 Å². The first-order valence-corrected chi connectivity index (χ1v) is 7.38. The average molecular weight is 366 g/mol. The van der Waals surface area contributed by atoms with Crippen LogP contribution >= 0.6 is 34.2 Å². The van der Waals surface area contributed by atoms with Crippen LogP contribution in [0.1, 0.15) is 30.1 Å². The molecule has 1 amide bonds. The van der Waals surface area contributed by atoms with Gasteiger partial charge in [-0.15, -0.1) is 11.6 Å². The van der Waals surface area contributed by atoms with E-state index in [0.29, 0.717) is 23.9 Å². The Morgan fingerprint density at radius 3 is 2.59 bits per heavy atom. The van der Waals surface area contributed by atoms with Crippen molar-refractivity contribution in [3.63, 3.8) is 0 Å². The molecule has 1 unspecified atom stereocenters. The second-order valence-corrected chi connectivity index (χ2v) is 5.59. The molecule has 1 aromatic rings. The van der Waals surface area contributed by atoms with Crippen LogP contribution in [-0.2, 0) is 0 Å². The molecule has 17 heavy (non-hydrogen) atoms. The van der Waals surface area contributed by atoms with E-state index in [0.717, 1.165) is 16.4 Å². The van der Waals surface area contributed by atoms with Crippen molar-refractivity contribution in [2.24, 2.45) is 5.92 Å². The molecule has 0 aromatic heterocycles. The molecule has 0 spiro atoms. The van der Waals surface area contributed by atoms with Gasteiger partial charge < -0.3 is 5.32 Å². The minimum Gasteiger partial charge on any atom is -0.352 e. The van der Waals surface area contributed by atoms with Crippen LogP contribution in [0.3, 0.4) is 0 Å². The van der Waals surface area contributed by atoms with Crippen molar-refractivity contribution in [3.05, 3.63) is 33.4 Å². The van der Waals surface area contributed by atoms with E-state index in [4.69, 9.17) is 11.6 Å². The van der Waals surface area contributed by atoms with Gasteiger partial charge in [0.2, 0.25) is 0 Å². The first-order valence-electron chi connectivity index (χ1n) is 5.77. The lowest BCUT2D eigenvalue weighted by Gasteiger charge is -2.14. The summed E-state index contributed by atoms with van der Waals surface area (Å²) in [5.74, 6) is 1.12. The lowest BCUT2D eigenvalue weighted by atomic mass is 10.0. The third kappa shape index (κ3) is 5.25. The number of carbonyl (C=O) groups excluding carboxylic acids is 1. The van der Waals surface area contributed by atoms with Gasteiger partial charge in [-0.25, -0.2) is 0 Å². The lowest BCUT2D eigenvalue weighted by Crippen LogP contribution is -2.29. The second-order valence-electron chi connectivity index (χ2n) is 3.97. The van der Waals surface area contributed by atoms with E-state index in [9.17, 15) is 4.79 Å². The summed E-state index contributed by atoms with van der Waals surface area (Å²) in [5.41, 5.74) is 0.714. The van der Waals surface area contributed by atoms with E-state index in [1.807, 2.05) is 24.3 Å². The zero-order valence-electron chi connectivity index (χ0n) is 9.88. The molecular weight excluding hydrogens is 349 g/mol. The molecule has 0 saturated carbocycles. The molecule has 0 aliphatic heterocycles. The number of amides is 1. The van der Waals surface area contributed by atoms with Crippen molar-refractivity contribution in [1.29, 1.82) is 0 Å². The molecule has 0 bridgehead atoms. The minimum atomic E-state index is -0.00516. The van der Waals surface area contributed by atoms with E-state index in [1.165, 1.54) is 0 Å². The van der Waals surface area contributed by atoms with Gasteiger partial charge >= 0.3 is 0 Å². The lowest BCUT2D eigenvalue weighted by molar-refractivity contribution is 0.0946. The van der Waals surface area contributed by atoms with Crippen LogP contribution in [0.5, 0.6) is 0 Å². The summed E-state index contributed by atoms with van der Waals surface area (Å²) in [7, 11) is 0. The summed E-state index contributed by atoms with van der Waals surface area (Å²) >= 11 is 7.93. The van der Waals surface area contributed by atoms with Crippen molar-refractivity contribution >= 4 is 40.1 Å². The van der Waals surface area contributed by atoms with Gasteiger partial charge in [0.15, 0.2) is 0 Å². The minimum absolute atomic E-state index is 0.00516. The van der Waals surface area contributed by atoms with E-state index < -0.39 is 0 Å². The van der Waals surface area contributed by atoms with Crippen LogP contribution in [0.15, 0.2) is 24.3 Å². The number of halogens is 2. The van der Waals surface area contributed by atoms with Gasteiger partial charge in [-0.1, -0.05) is 13.3 Å². The monoisotopic (exact) mass is 365 g/mol. The first kappa shape index (κ1) is 14.8. The van der Waals surface area contributed by atoms with Gasteiger partial charge in [0.1, 0.15) is 0 Å². The van der Waals surface area contributed by atoms with Crippen molar-refractivity contribution in [2.75, 3.05) is 12.4 Å². The molecule has 1 N–H and O–H groups in total. The fourth-order valence-electron chi connectivity index (χ4n) is 1.55. The molecule has 0 heterocycles. The molecule has 94 valence electrons. The van der Waals surface area contributed by atoms with Crippen LogP contribution in [-0.4, -0.2) is 18.3 Å². The van der Waals surface area contributed by atoms with Crippen molar-refractivity contribution < 1.29 is 4.79 Å². The predicted octanol–water partition coefficient (Wildman–Crippen LogP) is 3.68. The fourth-order valence-corrected chi connectivity index (χ4v) is 2.21. The summed E-state index contributed by atoms with van der Waals surface area (Å²) in [6, 6.07) is 7.57. The number of rotatable bonds is 6. The largest absolute Gasteiger partial charge is 0.352 e. The zero-order valence-corrected chi connectivity index (χ0v) is 12.8. The van der Waals surface area contributed by atoms with Crippen LogP contribution in [0.4, 0.5) is 0 Å². The summed E-state index contributed by atoms with van der Waals surface area (Å²) in [6.45, 7) is 2.82. The van der Waals surface area contributed by atoms with E-state index in [2.05, 4.69) is 34.8 Å². The first-order chi connectivity index (χ1) is 8.17. The summed E-state index contributed by atoms with van der Waals surface area (Å²) < 4.78 is 1.13. The Morgan fingerprint density at radius 1 is 1.41 bits per heavy atom. The van der Waals surface area contributed by atoms with E-state index >= 15 is 0 Å². The number of hydrogen-bond donors (Lipinski definition) is 1. The highest BCUT2D eigenvalue weighted by molar-refractivity contribution is 14.1. The second kappa shape index (κ2) is 7.93. The molecule has 4 heteroatoms. The maximum atomic E-state index is 11.8. The third-order valence-corrected chi connectivity index (χ3v) is 3.69. The molecule has 0 saturated heterocycles. The number of alkyl halides is 1. The Hall–Kier alpha value is -0.290. The van der Waals surface area contributed by atoms with Crippen molar-refractivity contribution in [3.8, 4) is 0 Å². The van der Waals surface area contributed by atoms with E-state index in [-0.39, 0.29) is 5.91 Å². The van der Waals surface area contributed by atoms with Gasteiger partial charge in [0, 0.05) is 21.6 Å². The Bertz CT molecular complexity index is 353. The number of hydrogen-bond acceptors (Lipinski definition) is 1. The standard InChI is InChI=1S/C13H17ClINO/c1-2-10(7-8-14)9-16-13(17)11-3-5-12(15)6-4-11/h3-6,10H,2,7-9H2,1H3,(H,16,17). The maximum absolute atomic E-state index is 11.8. The Balaban J connectivity index is 2.46. The van der Waals surface area contributed by atoms with Gasteiger partial charge in [-0.3, -0.25) is 4.79 Å². The van der Waals surface area contributed by atoms with Crippen molar-refractivity contribution in [1.82, 2.24) is 5.32 Å². The Kier molecular flexibility index (Phi) is 6.89. The number of carbonyl (C=O) groups is 1. The maximum Gasteiger partial charge on any atom is 0.251 e. The summed E-state index contributed by atoms with van der Waals surface area (Å²) in [4.78, 5) is 11.8. The highest BCUT2D eigenvalue weighted by Gasteiger charge is 2.09. The fraction of sp³-hybridized carbons (Fsp3) is 0.462. The normalized spacial score (nSPS) is 12.2. The Morgan fingerprint density at radius 2 is 2.06 bits per heavy atom. The Labute approximate surface area is 121 Å². The van der Waals surface area contributed by atoms with Gasteiger partial charge in [0.25, 0.3) is 5.91 Å². The smallest absolute Gasteiger partial charge is 0.251 e. The van der Waals surface area contributed by atoms with E-state index in [1.54, 1.807) is 0 Å². The summed E-state index contributed by atoms with van der Waals surface area (Å²) in [5, 5.41) is 2.95. The zero-order chi connectivity index (χ0) is 12.7. The molecule has 1 atom stereocenters. The molecule has 0 aliphatic rings. The van der Waals surface area contributed by atoms with Crippen LogP contribution in [0.25, 0.3) is 0 Å². The molecule has 1 aromatic carbocycles. The SMILES string of the molecule is CCC(CCCl)CNC(=O)c1ccc(I)cc1. The molecule has 0 aliphatic carbocycles. The number of nitrogens with one attached hydrogen (secondary N) is 1. The van der Waals surface area contributed by atoms with Gasteiger partial charge in [-0.05, 0) is 59.2 Å². The van der Waals surface area contributed by atoms with Crippen LogP contribution < -0.4 is 5.32 Å². The number of benzene rings is 1. The molecule has 0 radical (unpaired) electrons. The van der Waals surface area contributed by atoms with Crippen molar-refractivity contribution in [2.45, 2.75) is 19.8 Å². The highest BCUT2D eigenvalue weighted by Crippen LogP contribution is 2.09. The third-order valence-electron chi connectivity index (χ3n) is 2.75. The van der Waals surface area contributed by atoms with Gasteiger partial charge in [0.05, 0.1) is 0 Å². The molecular formula is C13H17ClINO. The topological polar surface area (TPSA) is 29.1 Å². The predicted molar refractivity (Wildman–Crippen MR) is 80.6 cm³/mol. The summed E-state index contributed by atoms with van der Waals surface area (Å²) in [6.07, 6.45) is 1.99. The molecule has 0 fully saturated rings. The molecule has 2 nitrogen and oxygen atoms in total. The van der Waals surface area contributed by atoms with Crippen LogP contribution in [0, 0.1) is 9.49 Å².